The minimum Gasteiger partial charge on any atom is -0.345 e. The number of anilines is 1. The first-order chi connectivity index (χ1) is 9.18. The summed E-state index contributed by atoms with van der Waals surface area (Å²) in [4.78, 5) is 2.14. The Morgan fingerprint density at radius 3 is 2.35 bits per heavy atom. The molecule has 1 saturated heterocycles. The third kappa shape index (κ3) is 3.67. The third-order valence-electron chi connectivity index (χ3n) is 3.25. The zero-order valence-corrected chi connectivity index (χ0v) is 14.1. The lowest BCUT2D eigenvalue weighted by Crippen LogP contribution is -2.34. The summed E-state index contributed by atoms with van der Waals surface area (Å²) in [5.74, 6) is 0. The van der Waals surface area contributed by atoms with E-state index in [4.69, 9.17) is 0 Å². The first-order valence-corrected chi connectivity index (χ1v) is 9.38. The predicted octanol–water partition coefficient (Wildman–Crippen LogP) is 1.31. The Morgan fingerprint density at radius 2 is 1.80 bits per heavy atom. The predicted molar refractivity (Wildman–Crippen MR) is 81.9 cm³/mol. The second-order valence-electron chi connectivity index (χ2n) is 6.14. The van der Waals surface area contributed by atoms with Crippen molar-refractivity contribution in [2.75, 3.05) is 37.3 Å². The summed E-state index contributed by atoms with van der Waals surface area (Å²) in [6.07, 6.45) is 2.09. The molecule has 1 aromatic rings. The van der Waals surface area contributed by atoms with Crippen molar-refractivity contribution in [3.05, 3.63) is 5.01 Å². The Labute approximate surface area is 124 Å². The van der Waals surface area contributed by atoms with Crippen molar-refractivity contribution in [2.45, 2.75) is 32.6 Å². The van der Waals surface area contributed by atoms with Crippen LogP contribution < -0.4 is 4.90 Å². The van der Waals surface area contributed by atoms with Crippen molar-refractivity contribution in [3.8, 4) is 0 Å². The van der Waals surface area contributed by atoms with Gasteiger partial charge in [0, 0.05) is 31.6 Å². The molecule has 0 radical (unpaired) electrons. The second kappa shape index (κ2) is 5.57. The number of hydrogen-bond donors (Lipinski definition) is 0. The van der Waals surface area contributed by atoms with Gasteiger partial charge < -0.3 is 4.90 Å². The number of aromatic nitrogens is 2. The van der Waals surface area contributed by atoms with Gasteiger partial charge in [-0.3, -0.25) is 0 Å². The van der Waals surface area contributed by atoms with Gasteiger partial charge in [-0.1, -0.05) is 32.1 Å². The van der Waals surface area contributed by atoms with Crippen molar-refractivity contribution in [1.82, 2.24) is 14.5 Å². The average Bonchev–Trinajstić information content (AvgIpc) is 2.66. The molecule has 0 atom stereocenters. The topological polar surface area (TPSA) is 66.4 Å². The molecule has 8 heteroatoms. The molecule has 0 aliphatic carbocycles. The highest BCUT2D eigenvalue weighted by atomic mass is 32.2. The maximum absolute atomic E-state index is 11.6. The highest BCUT2D eigenvalue weighted by Gasteiger charge is 2.25. The number of hydrogen-bond acceptors (Lipinski definition) is 6. The molecule has 2 heterocycles. The van der Waals surface area contributed by atoms with Gasteiger partial charge in [-0.25, -0.2) is 12.7 Å². The van der Waals surface area contributed by atoms with E-state index in [0.29, 0.717) is 19.6 Å². The van der Waals surface area contributed by atoms with Crippen LogP contribution in [0.2, 0.25) is 0 Å². The molecule has 0 aromatic carbocycles. The lowest BCUT2D eigenvalue weighted by atomic mass is 9.98. The molecule has 0 saturated carbocycles. The Hall–Kier alpha value is -0.730. The SMILES string of the molecule is CC(C)(C)c1nnc(N2CCCN(S(C)(=O)=O)CC2)s1. The summed E-state index contributed by atoms with van der Waals surface area (Å²) < 4.78 is 24.7. The van der Waals surface area contributed by atoms with Gasteiger partial charge in [0.2, 0.25) is 15.2 Å². The molecular weight excluding hydrogens is 296 g/mol. The van der Waals surface area contributed by atoms with Crippen LogP contribution in [0.3, 0.4) is 0 Å². The lowest BCUT2D eigenvalue weighted by molar-refractivity contribution is 0.437. The van der Waals surface area contributed by atoms with Crippen molar-refractivity contribution >= 4 is 26.5 Å². The first-order valence-electron chi connectivity index (χ1n) is 6.72. The fraction of sp³-hybridized carbons (Fsp3) is 0.833. The molecule has 6 nitrogen and oxygen atoms in total. The molecule has 1 aliphatic rings. The van der Waals surface area contributed by atoms with E-state index in [9.17, 15) is 8.42 Å². The van der Waals surface area contributed by atoms with Crippen LogP contribution in [-0.4, -0.2) is 55.4 Å². The maximum atomic E-state index is 11.6. The Balaban J connectivity index is 2.09. The van der Waals surface area contributed by atoms with E-state index in [0.717, 1.165) is 23.1 Å². The zero-order valence-electron chi connectivity index (χ0n) is 12.5. The normalized spacial score (nSPS) is 19.1. The van der Waals surface area contributed by atoms with Crippen molar-refractivity contribution in [3.63, 3.8) is 0 Å². The fourth-order valence-corrected chi connectivity index (χ4v) is 3.89. The number of sulfonamides is 1. The van der Waals surface area contributed by atoms with Gasteiger partial charge in [0.15, 0.2) is 0 Å². The van der Waals surface area contributed by atoms with E-state index in [2.05, 4.69) is 35.9 Å². The van der Waals surface area contributed by atoms with Crippen LogP contribution in [0.5, 0.6) is 0 Å². The molecule has 0 bridgehead atoms. The van der Waals surface area contributed by atoms with Crippen LogP contribution in [-0.2, 0) is 15.4 Å². The summed E-state index contributed by atoms with van der Waals surface area (Å²) in [7, 11) is -3.10. The van der Waals surface area contributed by atoms with Gasteiger partial charge >= 0.3 is 0 Å². The molecule has 1 aliphatic heterocycles. The minimum atomic E-state index is -3.10. The number of rotatable bonds is 2. The van der Waals surface area contributed by atoms with Crippen LogP contribution in [0.1, 0.15) is 32.2 Å². The summed E-state index contributed by atoms with van der Waals surface area (Å²) >= 11 is 1.60. The third-order valence-corrected chi connectivity index (χ3v) is 5.96. The molecule has 20 heavy (non-hydrogen) atoms. The summed E-state index contributed by atoms with van der Waals surface area (Å²) in [6.45, 7) is 8.95. The van der Waals surface area contributed by atoms with Gasteiger partial charge in [-0.2, -0.15) is 0 Å². The molecule has 1 fully saturated rings. The highest BCUT2D eigenvalue weighted by molar-refractivity contribution is 7.88. The molecule has 0 spiro atoms. The van der Waals surface area contributed by atoms with Crippen LogP contribution in [0.4, 0.5) is 5.13 Å². The smallest absolute Gasteiger partial charge is 0.211 e. The molecule has 0 unspecified atom stereocenters. The quantitative estimate of drug-likeness (QED) is 0.822. The van der Waals surface area contributed by atoms with Gasteiger partial charge in [0.1, 0.15) is 5.01 Å². The Kier molecular flexibility index (Phi) is 4.36. The van der Waals surface area contributed by atoms with E-state index in [1.807, 2.05) is 0 Å². The molecule has 1 aromatic heterocycles. The van der Waals surface area contributed by atoms with Crippen LogP contribution in [0.25, 0.3) is 0 Å². The fourth-order valence-electron chi connectivity index (χ4n) is 2.06. The van der Waals surface area contributed by atoms with E-state index in [1.165, 1.54) is 6.26 Å². The first kappa shape index (κ1) is 15.7. The van der Waals surface area contributed by atoms with Crippen LogP contribution in [0.15, 0.2) is 0 Å². The maximum Gasteiger partial charge on any atom is 0.211 e. The van der Waals surface area contributed by atoms with E-state index >= 15 is 0 Å². The molecule has 0 N–H and O–H groups in total. The average molecular weight is 318 g/mol. The second-order valence-corrected chi connectivity index (χ2v) is 9.08. The standard InChI is InChI=1S/C12H22N4O2S2/c1-12(2,3)10-13-14-11(19-10)15-6-5-7-16(9-8-15)20(4,17)18/h5-9H2,1-4H3. The molecule has 0 amide bonds. The summed E-state index contributed by atoms with van der Waals surface area (Å²) in [6, 6.07) is 0. The van der Waals surface area contributed by atoms with Crippen molar-refractivity contribution in [2.24, 2.45) is 0 Å². The van der Waals surface area contributed by atoms with Crippen molar-refractivity contribution < 1.29 is 8.42 Å². The van der Waals surface area contributed by atoms with Crippen molar-refractivity contribution in [1.29, 1.82) is 0 Å². The minimum absolute atomic E-state index is 0.000555. The van der Waals surface area contributed by atoms with Gasteiger partial charge in [-0.15, -0.1) is 10.2 Å². The van der Waals surface area contributed by atoms with Gasteiger partial charge in [-0.05, 0) is 6.42 Å². The van der Waals surface area contributed by atoms with E-state index in [-0.39, 0.29) is 5.41 Å². The van der Waals surface area contributed by atoms with Gasteiger partial charge in [0.25, 0.3) is 0 Å². The zero-order chi connectivity index (χ0) is 15.0. The lowest BCUT2D eigenvalue weighted by Gasteiger charge is -2.19. The molecular formula is C12H22N4O2S2. The number of nitrogens with zero attached hydrogens (tertiary/aromatic N) is 4. The van der Waals surface area contributed by atoms with Gasteiger partial charge in [0.05, 0.1) is 6.26 Å². The summed E-state index contributed by atoms with van der Waals surface area (Å²) in [5.41, 5.74) is 0.000555. The van der Waals surface area contributed by atoms with E-state index < -0.39 is 10.0 Å². The monoisotopic (exact) mass is 318 g/mol. The Morgan fingerprint density at radius 1 is 1.10 bits per heavy atom. The van der Waals surface area contributed by atoms with E-state index in [1.54, 1.807) is 15.6 Å². The highest BCUT2D eigenvalue weighted by Crippen LogP contribution is 2.30. The van der Waals surface area contributed by atoms with Crippen LogP contribution >= 0.6 is 11.3 Å². The largest absolute Gasteiger partial charge is 0.345 e. The summed E-state index contributed by atoms with van der Waals surface area (Å²) in [5, 5.41) is 10.4. The Bertz CT molecular complexity index is 562. The van der Waals surface area contributed by atoms with Crippen LogP contribution in [0, 0.1) is 0 Å². The molecule has 2 rings (SSSR count). The molecule has 114 valence electrons.